The highest BCUT2D eigenvalue weighted by Crippen LogP contribution is 1.77. The lowest BCUT2D eigenvalue weighted by atomic mass is 10.6. The van der Waals surface area contributed by atoms with Crippen LogP contribution in [0.3, 0.4) is 0 Å². The Morgan fingerprint density at radius 2 is 2.00 bits per heavy atom. The number of rotatable bonds is 0. The van der Waals surface area contributed by atoms with Crippen LogP contribution in [-0.2, 0) is 0 Å². The van der Waals surface area contributed by atoms with Crippen molar-refractivity contribution in [1.29, 1.82) is 0 Å². The van der Waals surface area contributed by atoms with Gasteiger partial charge in [0.05, 0.1) is 11.9 Å². The Labute approximate surface area is 68.6 Å². The molecule has 0 radical (unpaired) electrons. The van der Waals surface area contributed by atoms with E-state index in [4.69, 9.17) is 0 Å². The molecule has 0 amide bonds. The molecule has 7 heteroatoms. The molecule has 12 heavy (non-hydrogen) atoms. The maximum Gasteiger partial charge on any atom is 0.171 e. The molecule has 2 aromatic heterocycles. The number of aryl methyl sites for hydroxylation is 2. The third-order valence-corrected chi connectivity index (χ3v) is 0.987. The zero-order valence-corrected chi connectivity index (χ0v) is 6.81. The summed E-state index contributed by atoms with van der Waals surface area (Å²) in [6, 6.07) is 0. The van der Waals surface area contributed by atoms with Crippen LogP contribution in [0.5, 0.6) is 0 Å². The lowest BCUT2D eigenvalue weighted by Gasteiger charge is -1.62. The maximum absolute atomic E-state index is 3.68. The van der Waals surface area contributed by atoms with Gasteiger partial charge in [-0.1, -0.05) is 5.21 Å². The van der Waals surface area contributed by atoms with Crippen LogP contribution in [0.15, 0.2) is 6.20 Å². The predicted octanol–water partition coefficient (Wildman–Crippen LogP) is -0.379. The van der Waals surface area contributed by atoms with E-state index in [0.29, 0.717) is 5.82 Å². The molecular formula is C5H9N7. The Kier molecular flexibility index (Phi) is 2.88. The Balaban J connectivity index is 0.000000120. The van der Waals surface area contributed by atoms with Crippen molar-refractivity contribution in [3.05, 3.63) is 17.7 Å². The summed E-state index contributed by atoms with van der Waals surface area (Å²) in [6.07, 6.45) is 1.67. The fourth-order valence-corrected chi connectivity index (χ4v) is 0.471. The molecule has 0 fully saturated rings. The van der Waals surface area contributed by atoms with Crippen LogP contribution >= 0.6 is 0 Å². The molecule has 0 aliphatic heterocycles. The van der Waals surface area contributed by atoms with Crippen molar-refractivity contribution >= 4 is 0 Å². The van der Waals surface area contributed by atoms with Crippen molar-refractivity contribution in [3.8, 4) is 0 Å². The average Bonchev–Trinajstić information content (AvgIpc) is 2.63. The normalized spacial score (nSPS) is 8.83. The summed E-state index contributed by atoms with van der Waals surface area (Å²) in [5, 5.41) is 22.4. The molecule has 0 aromatic carbocycles. The molecule has 0 saturated carbocycles. The van der Waals surface area contributed by atoms with E-state index in [0.717, 1.165) is 5.69 Å². The molecule has 7 nitrogen and oxygen atoms in total. The second kappa shape index (κ2) is 4.16. The van der Waals surface area contributed by atoms with E-state index < -0.39 is 0 Å². The summed E-state index contributed by atoms with van der Waals surface area (Å²) in [4.78, 5) is 0. The van der Waals surface area contributed by atoms with E-state index in [1.165, 1.54) is 0 Å². The molecule has 0 atom stereocenters. The second-order valence-electron chi connectivity index (χ2n) is 2.07. The zero-order valence-electron chi connectivity index (χ0n) is 6.81. The zero-order chi connectivity index (χ0) is 8.81. The quantitative estimate of drug-likeness (QED) is 0.557. The minimum atomic E-state index is 0.676. The maximum atomic E-state index is 3.68. The smallest absolute Gasteiger partial charge is 0.171 e. The van der Waals surface area contributed by atoms with Crippen LogP contribution in [0.2, 0.25) is 0 Å². The molecule has 0 saturated heterocycles. The molecule has 0 aliphatic carbocycles. The Bertz CT molecular complexity index is 251. The Morgan fingerprint density at radius 3 is 2.17 bits per heavy atom. The van der Waals surface area contributed by atoms with Crippen LogP contribution in [0.4, 0.5) is 0 Å². The van der Waals surface area contributed by atoms with Gasteiger partial charge in [0, 0.05) is 0 Å². The standard InChI is InChI=1S/C3H5N3.C2H4N4/c1-3-2-4-6-5-3;1-2-3-5-6-4-2/h2H,1H3,(H,4,5,6);1H3,(H,3,4,5,6). The largest absolute Gasteiger partial charge is 0.198 e. The van der Waals surface area contributed by atoms with E-state index in [9.17, 15) is 0 Å². The van der Waals surface area contributed by atoms with Crippen LogP contribution in [0.25, 0.3) is 0 Å². The van der Waals surface area contributed by atoms with Crippen molar-refractivity contribution in [3.63, 3.8) is 0 Å². The lowest BCUT2D eigenvalue weighted by Crippen LogP contribution is -1.69. The lowest BCUT2D eigenvalue weighted by molar-refractivity contribution is 0.881. The highest BCUT2D eigenvalue weighted by atomic mass is 15.5. The monoisotopic (exact) mass is 167 g/mol. The summed E-state index contributed by atoms with van der Waals surface area (Å²) in [5.74, 6) is 0.676. The van der Waals surface area contributed by atoms with Crippen LogP contribution < -0.4 is 0 Å². The van der Waals surface area contributed by atoms with Crippen LogP contribution in [0, 0.1) is 13.8 Å². The Morgan fingerprint density at radius 1 is 1.17 bits per heavy atom. The predicted molar refractivity (Wildman–Crippen MR) is 40.0 cm³/mol. The number of H-pyrrole nitrogens is 2. The molecule has 0 spiro atoms. The van der Waals surface area contributed by atoms with Gasteiger partial charge < -0.3 is 0 Å². The van der Waals surface area contributed by atoms with E-state index in [1.54, 1.807) is 13.1 Å². The third-order valence-electron chi connectivity index (χ3n) is 0.987. The van der Waals surface area contributed by atoms with Gasteiger partial charge in [-0.25, -0.2) is 0 Å². The average molecular weight is 167 g/mol. The first-order valence-corrected chi connectivity index (χ1v) is 3.31. The van der Waals surface area contributed by atoms with Crippen molar-refractivity contribution < 1.29 is 0 Å². The number of aromatic nitrogens is 7. The van der Waals surface area contributed by atoms with Gasteiger partial charge >= 0.3 is 0 Å². The van der Waals surface area contributed by atoms with Gasteiger partial charge in [-0.05, 0) is 13.8 Å². The number of hydrogen-bond donors (Lipinski definition) is 2. The molecule has 2 heterocycles. The summed E-state index contributed by atoms with van der Waals surface area (Å²) < 4.78 is 0. The molecule has 2 N–H and O–H groups in total. The first-order valence-electron chi connectivity index (χ1n) is 3.31. The topological polar surface area (TPSA) is 96.0 Å². The fourth-order valence-electron chi connectivity index (χ4n) is 0.471. The molecule has 2 aromatic rings. The van der Waals surface area contributed by atoms with E-state index in [1.807, 2.05) is 6.92 Å². The van der Waals surface area contributed by atoms with Crippen molar-refractivity contribution in [2.75, 3.05) is 0 Å². The summed E-state index contributed by atoms with van der Waals surface area (Å²) in [5.41, 5.74) is 0.926. The minimum Gasteiger partial charge on any atom is -0.198 e. The molecule has 0 unspecified atom stereocenters. The molecule has 0 aliphatic rings. The number of nitrogens with one attached hydrogen (secondary N) is 2. The van der Waals surface area contributed by atoms with Crippen molar-refractivity contribution in [1.82, 2.24) is 36.0 Å². The van der Waals surface area contributed by atoms with Crippen LogP contribution in [0.1, 0.15) is 11.5 Å². The first-order chi connectivity index (χ1) is 5.79. The van der Waals surface area contributed by atoms with Gasteiger partial charge in [0.1, 0.15) is 0 Å². The SMILES string of the molecule is Cc1cn[nH]n1.Cc1nn[nH]n1. The highest BCUT2D eigenvalue weighted by molar-refractivity contribution is 4.82. The third kappa shape index (κ3) is 2.86. The molecule has 64 valence electrons. The minimum absolute atomic E-state index is 0.676. The molecule has 2 rings (SSSR count). The number of nitrogens with zero attached hydrogens (tertiary/aromatic N) is 5. The van der Waals surface area contributed by atoms with Gasteiger partial charge in [-0.2, -0.15) is 20.6 Å². The molecular weight excluding hydrogens is 158 g/mol. The van der Waals surface area contributed by atoms with Gasteiger partial charge in [-0.3, -0.25) is 0 Å². The summed E-state index contributed by atoms with van der Waals surface area (Å²) in [7, 11) is 0. The fraction of sp³-hybridized carbons (Fsp3) is 0.400. The van der Waals surface area contributed by atoms with Crippen molar-refractivity contribution in [2.45, 2.75) is 13.8 Å². The second-order valence-corrected chi connectivity index (χ2v) is 2.07. The van der Waals surface area contributed by atoms with E-state index in [-0.39, 0.29) is 0 Å². The van der Waals surface area contributed by atoms with E-state index >= 15 is 0 Å². The molecule has 0 bridgehead atoms. The summed E-state index contributed by atoms with van der Waals surface area (Å²) in [6.45, 7) is 3.65. The number of hydrogen-bond acceptors (Lipinski definition) is 5. The van der Waals surface area contributed by atoms with E-state index in [2.05, 4.69) is 36.0 Å². The number of tetrazole rings is 1. The summed E-state index contributed by atoms with van der Waals surface area (Å²) >= 11 is 0. The van der Waals surface area contributed by atoms with Gasteiger partial charge in [0.2, 0.25) is 0 Å². The van der Waals surface area contributed by atoms with Crippen molar-refractivity contribution in [2.24, 2.45) is 0 Å². The highest BCUT2D eigenvalue weighted by Gasteiger charge is 1.78. The van der Waals surface area contributed by atoms with Gasteiger partial charge in [-0.15, -0.1) is 10.2 Å². The Hall–Kier alpha value is -1.79. The van der Waals surface area contributed by atoms with Gasteiger partial charge in [0.15, 0.2) is 5.82 Å². The number of aromatic amines is 2. The van der Waals surface area contributed by atoms with Gasteiger partial charge in [0.25, 0.3) is 0 Å². The first kappa shape index (κ1) is 8.31. The van der Waals surface area contributed by atoms with Crippen LogP contribution in [-0.4, -0.2) is 36.0 Å².